The molecule has 1 amide bonds. The van der Waals surface area contributed by atoms with E-state index in [0.717, 1.165) is 0 Å². The number of imidazole rings is 1. The molecule has 0 aliphatic rings. The summed E-state index contributed by atoms with van der Waals surface area (Å²) < 4.78 is 32.4. The van der Waals surface area contributed by atoms with Crippen molar-refractivity contribution in [1.29, 1.82) is 0 Å². The summed E-state index contributed by atoms with van der Waals surface area (Å²) >= 11 is 5.93. The molecule has 0 saturated carbocycles. The summed E-state index contributed by atoms with van der Waals surface area (Å²) in [6, 6.07) is 6.14. The molecule has 214 valence electrons. The van der Waals surface area contributed by atoms with Gasteiger partial charge in [-0.1, -0.05) is 11.6 Å². The standard InChI is InChI=1S/C24H35ClN7O6P/c1-5-36-10-11-37-23(34)24(3,4)31-39(35,30-22(33)17-6-8-18(25)9-7-17)15-38-16(2)12-32-14-29-19-20(26)27-13-28-21(19)32/h6-9,13-14,16,23,34H,5,10-12,15H2,1-4H3,(H2,26,27,28)(H2,30,31,33,35)/t16-,23?,39?/m1/s1. The molecule has 0 aliphatic carbocycles. The van der Waals surface area contributed by atoms with Gasteiger partial charge in [-0.05, 0) is 52.0 Å². The Kier molecular flexibility index (Phi) is 10.8. The Labute approximate surface area is 231 Å². The first-order valence-electron chi connectivity index (χ1n) is 12.3. The molecule has 3 aromatic rings. The second-order valence-corrected chi connectivity index (χ2v) is 12.0. The number of hydrogen-bond donors (Lipinski definition) is 4. The Balaban J connectivity index is 1.73. The fraction of sp³-hybridized carbons (Fsp3) is 0.500. The zero-order valence-corrected chi connectivity index (χ0v) is 24.0. The molecule has 1 aromatic carbocycles. The molecule has 0 fully saturated rings. The molecule has 13 nitrogen and oxygen atoms in total. The van der Waals surface area contributed by atoms with Crippen LogP contribution in [-0.4, -0.2) is 74.6 Å². The van der Waals surface area contributed by atoms with Crippen molar-refractivity contribution >= 4 is 41.9 Å². The minimum Gasteiger partial charge on any atom is -0.382 e. The minimum atomic E-state index is -3.82. The topological polar surface area (TPSA) is 176 Å². The maximum Gasteiger partial charge on any atom is 0.262 e. The highest BCUT2D eigenvalue weighted by atomic mass is 35.5. The van der Waals surface area contributed by atoms with E-state index in [0.29, 0.717) is 29.3 Å². The predicted octanol–water partition coefficient (Wildman–Crippen LogP) is 2.79. The smallest absolute Gasteiger partial charge is 0.262 e. The van der Waals surface area contributed by atoms with E-state index in [-0.39, 0.29) is 30.9 Å². The number of nitrogens with zero attached hydrogens (tertiary/aromatic N) is 4. The van der Waals surface area contributed by atoms with Crippen molar-refractivity contribution in [3.63, 3.8) is 0 Å². The molecule has 0 saturated heterocycles. The molecule has 2 unspecified atom stereocenters. The number of aliphatic hydroxyl groups excluding tert-OH is 1. The average molecular weight is 584 g/mol. The number of aromatic nitrogens is 4. The molecule has 3 rings (SSSR count). The first kappa shape index (κ1) is 30.9. The van der Waals surface area contributed by atoms with E-state index in [1.165, 1.54) is 18.5 Å². The number of aliphatic hydroxyl groups is 1. The summed E-state index contributed by atoms with van der Waals surface area (Å²) in [4.78, 5) is 25.4. The van der Waals surface area contributed by atoms with Crippen molar-refractivity contribution in [3.8, 4) is 0 Å². The van der Waals surface area contributed by atoms with Gasteiger partial charge in [0, 0.05) is 17.2 Å². The summed E-state index contributed by atoms with van der Waals surface area (Å²) in [7, 11) is -3.82. The lowest BCUT2D eigenvalue weighted by Gasteiger charge is -2.35. The molecular weight excluding hydrogens is 549 g/mol. The Morgan fingerprint density at radius 1 is 1.21 bits per heavy atom. The number of fused-ring (bicyclic) bond motifs is 1. The van der Waals surface area contributed by atoms with Crippen LogP contribution in [0.5, 0.6) is 0 Å². The summed E-state index contributed by atoms with van der Waals surface area (Å²) in [5.41, 5.74) is 5.87. The van der Waals surface area contributed by atoms with Crippen LogP contribution in [0.15, 0.2) is 36.9 Å². The third kappa shape index (κ3) is 8.67. The molecule has 2 heterocycles. The van der Waals surface area contributed by atoms with E-state index < -0.39 is 31.3 Å². The van der Waals surface area contributed by atoms with Gasteiger partial charge in [-0.2, -0.15) is 0 Å². The maximum absolute atomic E-state index is 14.1. The van der Waals surface area contributed by atoms with Gasteiger partial charge in [-0.3, -0.25) is 14.4 Å². The molecule has 0 bridgehead atoms. The number of rotatable bonds is 15. The lowest BCUT2D eigenvalue weighted by atomic mass is 10.1. The Morgan fingerprint density at radius 3 is 2.62 bits per heavy atom. The van der Waals surface area contributed by atoms with Gasteiger partial charge in [0.1, 0.15) is 18.2 Å². The lowest BCUT2D eigenvalue weighted by molar-refractivity contribution is -0.148. The number of amides is 1. The van der Waals surface area contributed by atoms with Crippen molar-refractivity contribution in [3.05, 3.63) is 47.5 Å². The molecule has 15 heteroatoms. The van der Waals surface area contributed by atoms with Gasteiger partial charge >= 0.3 is 0 Å². The summed E-state index contributed by atoms with van der Waals surface area (Å²) in [6.45, 7) is 8.06. The number of nitrogens with one attached hydrogen (secondary N) is 2. The Bertz CT molecular complexity index is 1290. The molecule has 3 atom stereocenters. The molecule has 39 heavy (non-hydrogen) atoms. The number of nitrogens with two attached hydrogens (primary N) is 1. The highest BCUT2D eigenvalue weighted by Gasteiger charge is 2.38. The van der Waals surface area contributed by atoms with Crippen molar-refractivity contribution in [1.82, 2.24) is 29.7 Å². The van der Waals surface area contributed by atoms with Crippen LogP contribution >= 0.6 is 19.0 Å². The molecule has 2 aromatic heterocycles. The normalized spacial score (nSPS) is 15.1. The van der Waals surface area contributed by atoms with Gasteiger partial charge in [0.15, 0.2) is 17.8 Å². The Morgan fingerprint density at radius 2 is 1.92 bits per heavy atom. The van der Waals surface area contributed by atoms with E-state index in [1.54, 1.807) is 43.8 Å². The first-order chi connectivity index (χ1) is 18.4. The third-order valence-electron chi connectivity index (χ3n) is 5.61. The fourth-order valence-electron chi connectivity index (χ4n) is 3.61. The molecule has 0 spiro atoms. The number of anilines is 1. The number of nitrogen functional groups attached to an aromatic ring is 1. The van der Waals surface area contributed by atoms with E-state index in [9.17, 15) is 14.5 Å². The number of benzene rings is 1. The van der Waals surface area contributed by atoms with Crippen LogP contribution in [-0.2, 0) is 25.3 Å². The molecule has 0 aliphatic heterocycles. The quantitative estimate of drug-likeness (QED) is 0.117. The third-order valence-corrected chi connectivity index (χ3v) is 7.87. The van der Waals surface area contributed by atoms with Gasteiger partial charge < -0.3 is 29.6 Å². The first-order valence-corrected chi connectivity index (χ1v) is 14.6. The van der Waals surface area contributed by atoms with Crippen LogP contribution in [0.2, 0.25) is 5.02 Å². The fourth-order valence-corrected chi connectivity index (χ4v) is 5.88. The number of carbonyl (C=O) groups is 1. The van der Waals surface area contributed by atoms with E-state index in [4.69, 9.17) is 31.5 Å². The minimum absolute atomic E-state index is 0.127. The molecule has 0 radical (unpaired) electrons. The number of halogens is 1. The van der Waals surface area contributed by atoms with Crippen molar-refractivity contribution < 1.29 is 28.7 Å². The van der Waals surface area contributed by atoms with Crippen molar-refractivity contribution in [2.24, 2.45) is 0 Å². The summed E-state index contributed by atoms with van der Waals surface area (Å²) in [5, 5.41) is 16.5. The van der Waals surface area contributed by atoms with Crippen LogP contribution in [0.25, 0.3) is 11.2 Å². The van der Waals surface area contributed by atoms with Gasteiger partial charge in [0.2, 0.25) is 0 Å². The van der Waals surface area contributed by atoms with Crippen LogP contribution in [0.3, 0.4) is 0 Å². The van der Waals surface area contributed by atoms with Crippen LogP contribution in [0, 0.1) is 0 Å². The summed E-state index contributed by atoms with van der Waals surface area (Å²) in [6.07, 6.45) is 0.687. The van der Waals surface area contributed by atoms with Gasteiger partial charge in [-0.15, -0.1) is 0 Å². The van der Waals surface area contributed by atoms with E-state index in [2.05, 4.69) is 25.1 Å². The van der Waals surface area contributed by atoms with Gasteiger partial charge in [0.25, 0.3) is 13.4 Å². The van der Waals surface area contributed by atoms with Crippen molar-refractivity contribution in [2.45, 2.75) is 52.2 Å². The van der Waals surface area contributed by atoms with Crippen LogP contribution in [0.4, 0.5) is 5.82 Å². The largest absolute Gasteiger partial charge is 0.382 e. The van der Waals surface area contributed by atoms with Crippen molar-refractivity contribution in [2.75, 3.05) is 31.9 Å². The van der Waals surface area contributed by atoms with Gasteiger partial charge in [-0.25, -0.2) is 20.0 Å². The molecule has 5 N–H and O–H groups in total. The van der Waals surface area contributed by atoms with Crippen LogP contribution in [0.1, 0.15) is 38.1 Å². The van der Waals surface area contributed by atoms with E-state index >= 15 is 0 Å². The highest BCUT2D eigenvalue weighted by Crippen LogP contribution is 2.40. The van der Waals surface area contributed by atoms with Gasteiger partial charge in [0.05, 0.1) is 37.7 Å². The maximum atomic E-state index is 14.1. The Hall–Kier alpha value is -2.64. The average Bonchev–Trinajstić information content (AvgIpc) is 3.29. The van der Waals surface area contributed by atoms with E-state index in [1.807, 2.05) is 6.92 Å². The number of hydrogen-bond acceptors (Lipinski definition) is 10. The second-order valence-electron chi connectivity index (χ2n) is 9.38. The zero-order valence-electron chi connectivity index (χ0n) is 22.3. The predicted molar refractivity (Wildman–Crippen MR) is 147 cm³/mol. The lowest BCUT2D eigenvalue weighted by Crippen LogP contribution is -2.52. The summed E-state index contributed by atoms with van der Waals surface area (Å²) in [5.74, 6) is -0.343. The second kappa shape index (κ2) is 13.6. The molecular formula is C24H35ClN7O6P. The van der Waals surface area contributed by atoms with Crippen LogP contribution < -0.4 is 15.9 Å². The monoisotopic (exact) mass is 583 g/mol. The zero-order chi connectivity index (χ0) is 28.6. The number of carbonyl (C=O) groups excluding carboxylic acids is 1. The number of ether oxygens (including phenoxy) is 3. The highest BCUT2D eigenvalue weighted by molar-refractivity contribution is 7.60. The SMILES string of the molecule is CCOCCOC(O)C(C)(C)NP(=O)(CO[C@H](C)Cn1cnc2c(N)ncnc21)NC(=O)c1ccc(Cl)cc1.